The summed E-state index contributed by atoms with van der Waals surface area (Å²) in [5, 5.41) is 8.74. The van der Waals surface area contributed by atoms with Gasteiger partial charge in [-0.05, 0) is 31.1 Å². The van der Waals surface area contributed by atoms with Crippen LogP contribution < -0.4 is 0 Å². The highest BCUT2D eigenvalue weighted by molar-refractivity contribution is 5.71. The van der Waals surface area contributed by atoms with E-state index in [1.54, 1.807) is 0 Å². The summed E-state index contributed by atoms with van der Waals surface area (Å²) in [4.78, 5) is 10.6. The second-order valence-corrected chi connectivity index (χ2v) is 3.62. The molecule has 0 aliphatic heterocycles. The molecule has 2 bridgehead atoms. The average molecular weight is 140 g/mol. The number of hydrogen-bond acceptors (Lipinski definition) is 1. The molecular weight excluding hydrogens is 128 g/mol. The second-order valence-electron chi connectivity index (χ2n) is 3.62. The maximum atomic E-state index is 10.6. The third-order valence-corrected chi connectivity index (χ3v) is 3.06. The van der Waals surface area contributed by atoms with Crippen molar-refractivity contribution in [2.24, 2.45) is 17.8 Å². The summed E-state index contributed by atoms with van der Waals surface area (Å²) in [6.45, 7) is 0. The van der Waals surface area contributed by atoms with Crippen molar-refractivity contribution < 1.29 is 9.90 Å². The van der Waals surface area contributed by atoms with Crippen molar-refractivity contribution >= 4 is 5.97 Å². The van der Waals surface area contributed by atoms with Gasteiger partial charge in [-0.2, -0.15) is 0 Å². The first-order valence-electron chi connectivity index (χ1n) is 4.00. The van der Waals surface area contributed by atoms with Gasteiger partial charge in [0.05, 0.1) is 5.92 Å². The van der Waals surface area contributed by atoms with Gasteiger partial charge in [0, 0.05) is 0 Å². The van der Waals surface area contributed by atoms with Gasteiger partial charge in [0.1, 0.15) is 0 Å². The van der Waals surface area contributed by atoms with E-state index in [0.29, 0.717) is 5.92 Å². The minimum absolute atomic E-state index is 0.0127. The lowest BCUT2D eigenvalue weighted by Gasteiger charge is -2.16. The van der Waals surface area contributed by atoms with Crippen molar-refractivity contribution in [2.75, 3.05) is 0 Å². The topological polar surface area (TPSA) is 37.3 Å². The maximum absolute atomic E-state index is 10.6. The lowest BCUT2D eigenvalue weighted by atomic mass is 9.89. The highest BCUT2D eigenvalue weighted by atomic mass is 16.4. The lowest BCUT2D eigenvalue weighted by molar-refractivity contribution is -0.143. The van der Waals surface area contributed by atoms with Crippen LogP contribution in [0.3, 0.4) is 0 Å². The minimum Gasteiger partial charge on any atom is -0.481 e. The summed E-state index contributed by atoms with van der Waals surface area (Å²) in [7, 11) is 0. The Balaban J connectivity index is 2.08. The van der Waals surface area contributed by atoms with E-state index >= 15 is 0 Å². The van der Waals surface area contributed by atoms with Crippen LogP contribution in [-0.2, 0) is 4.79 Å². The van der Waals surface area contributed by atoms with Crippen molar-refractivity contribution in [3.8, 4) is 0 Å². The molecule has 2 aliphatic rings. The van der Waals surface area contributed by atoms with Gasteiger partial charge < -0.3 is 5.11 Å². The molecule has 0 aromatic carbocycles. The van der Waals surface area contributed by atoms with Crippen molar-refractivity contribution in [1.82, 2.24) is 0 Å². The van der Waals surface area contributed by atoms with Crippen LogP contribution in [0.4, 0.5) is 0 Å². The molecule has 3 atom stereocenters. The van der Waals surface area contributed by atoms with E-state index in [0.717, 1.165) is 12.3 Å². The third-order valence-electron chi connectivity index (χ3n) is 3.06. The van der Waals surface area contributed by atoms with Gasteiger partial charge in [0.25, 0.3) is 0 Å². The van der Waals surface area contributed by atoms with Gasteiger partial charge >= 0.3 is 5.97 Å². The van der Waals surface area contributed by atoms with Crippen LogP contribution in [-0.4, -0.2) is 11.1 Å². The molecular formula is C8H12O2. The fourth-order valence-corrected chi connectivity index (χ4v) is 2.55. The maximum Gasteiger partial charge on any atom is 0.306 e. The number of carboxylic acid groups (broad SMARTS) is 1. The number of fused-ring (bicyclic) bond motifs is 2. The Morgan fingerprint density at radius 2 is 2.10 bits per heavy atom. The standard InChI is InChI=1S/C8H12O2/c9-8(10)7-4-5-1-2-6(7)3-5/h5-7H,1-4H2,(H,9,10)/t5-,6+,7?/m0/s1. The lowest BCUT2D eigenvalue weighted by Crippen LogP contribution is -2.19. The van der Waals surface area contributed by atoms with E-state index in [1.807, 2.05) is 0 Å². The zero-order valence-corrected chi connectivity index (χ0v) is 5.92. The van der Waals surface area contributed by atoms with Crippen molar-refractivity contribution in [2.45, 2.75) is 25.7 Å². The van der Waals surface area contributed by atoms with Gasteiger partial charge in [-0.3, -0.25) is 4.79 Å². The Labute approximate surface area is 60.2 Å². The molecule has 0 aromatic rings. The smallest absolute Gasteiger partial charge is 0.306 e. The molecule has 2 rings (SSSR count). The zero-order valence-electron chi connectivity index (χ0n) is 5.92. The van der Waals surface area contributed by atoms with Gasteiger partial charge in [-0.15, -0.1) is 0 Å². The Hall–Kier alpha value is -0.530. The van der Waals surface area contributed by atoms with E-state index < -0.39 is 5.97 Å². The summed E-state index contributed by atoms with van der Waals surface area (Å²) < 4.78 is 0. The highest BCUT2D eigenvalue weighted by Crippen LogP contribution is 2.48. The second kappa shape index (κ2) is 1.97. The first-order chi connectivity index (χ1) is 4.77. The van der Waals surface area contributed by atoms with Crippen molar-refractivity contribution in [3.63, 3.8) is 0 Å². The van der Waals surface area contributed by atoms with Gasteiger partial charge in [0.2, 0.25) is 0 Å². The Morgan fingerprint density at radius 1 is 1.30 bits per heavy atom. The summed E-state index contributed by atoms with van der Waals surface area (Å²) in [6.07, 6.45) is 4.60. The van der Waals surface area contributed by atoms with Crippen LogP contribution in [0.15, 0.2) is 0 Å². The highest BCUT2D eigenvalue weighted by Gasteiger charge is 2.42. The summed E-state index contributed by atoms with van der Waals surface area (Å²) >= 11 is 0. The quantitative estimate of drug-likeness (QED) is 0.599. The molecule has 2 heteroatoms. The summed E-state index contributed by atoms with van der Waals surface area (Å²) in [5.74, 6) is 0.736. The molecule has 1 unspecified atom stereocenters. The van der Waals surface area contributed by atoms with Crippen LogP contribution in [0, 0.1) is 17.8 Å². The molecule has 2 fully saturated rings. The van der Waals surface area contributed by atoms with E-state index in [9.17, 15) is 4.79 Å². The van der Waals surface area contributed by atoms with Gasteiger partial charge in [-0.1, -0.05) is 6.42 Å². The van der Waals surface area contributed by atoms with E-state index in [-0.39, 0.29) is 5.92 Å². The predicted molar refractivity (Wildman–Crippen MR) is 36.6 cm³/mol. The normalized spacial score (nSPS) is 44.2. The number of hydrogen-bond donors (Lipinski definition) is 1. The molecule has 56 valence electrons. The monoisotopic (exact) mass is 140 g/mol. The Kier molecular flexibility index (Phi) is 1.22. The van der Waals surface area contributed by atoms with Crippen LogP contribution in [0.2, 0.25) is 0 Å². The molecule has 2 saturated carbocycles. The van der Waals surface area contributed by atoms with Crippen molar-refractivity contribution in [1.29, 1.82) is 0 Å². The van der Waals surface area contributed by atoms with Gasteiger partial charge in [0.15, 0.2) is 0 Å². The van der Waals surface area contributed by atoms with E-state index in [2.05, 4.69) is 0 Å². The molecule has 0 heterocycles. The Bertz CT molecular complexity index is 165. The van der Waals surface area contributed by atoms with E-state index in [1.165, 1.54) is 19.3 Å². The summed E-state index contributed by atoms with van der Waals surface area (Å²) in [5.41, 5.74) is 0. The van der Waals surface area contributed by atoms with Crippen LogP contribution in [0.1, 0.15) is 25.7 Å². The molecule has 2 nitrogen and oxygen atoms in total. The predicted octanol–water partition coefficient (Wildman–Crippen LogP) is 1.51. The molecule has 10 heavy (non-hydrogen) atoms. The fraction of sp³-hybridized carbons (Fsp3) is 0.875. The summed E-state index contributed by atoms with van der Waals surface area (Å²) in [6, 6.07) is 0. The number of carbonyl (C=O) groups is 1. The Morgan fingerprint density at radius 3 is 2.40 bits per heavy atom. The van der Waals surface area contributed by atoms with Crippen LogP contribution in [0.5, 0.6) is 0 Å². The molecule has 2 aliphatic carbocycles. The fourth-order valence-electron chi connectivity index (χ4n) is 2.55. The molecule has 0 spiro atoms. The van der Waals surface area contributed by atoms with E-state index in [4.69, 9.17) is 5.11 Å². The SMILES string of the molecule is O=C(O)C1C[C@H]2CC[C@@H]1C2. The van der Waals surface area contributed by atoms with Crippen LogP contribution in [0.25, 0.3) is 0 Å². The molecule has 0 radical (unpaired) electrons. The minimum atomic E-state index is -0.563. The molecule has 0 aromatic heterocycles. The van der Waals surface area contributed by atoms with Crippen LogP contribution >= 0.6 is 0 Å². The third kappa shape index (κ3) is 0.746. The number of carboxylic acids is 1. The number of rotatable bonds is 1. The van der Waals surface area contributed by atoms with Crippen molar-refractivity contribution in [3.05, 3.63) is 0 Å². The largest absolute Gasteiger partial charge is 0.481 e. The van der Waals surface area contributed by atoms with Gasteiger partial charge in [-0.25, -0.2) is 0 Å². The average Bonchev–Trinajstić information content (AvgIpc) is 2.44. The molecule has 0 saturated heterocycles. The molecule has 1 N–H and O–H groups in total. The number of aliphatic carboxylic acids is 1. The molecule has 0 amide bonds. The zero-order chi connectivity index (χ0) is 7.14. The first-order valence-corrected chi connectivity index (χ1v) is 4.00. The first kappa shape index (κ1) is 6.20.